The van der Waals surface area contributed by atoms with Gasteiger partial charge >= 0.3 is 0 Å². The van der Waals surface area contributed by atoms with E-state index in [0.29, 0.717) is 27.5 Å². The van der Waals surface area contributed by atoms with Gasteiger partial charge in [-0.1, -0.05) is 24.3 Å². The van der Waals surface area contributed by atoms with Gasteiger partial charge < -0.3 is 4.74 Å². The number of methoxy groups -OCH3 is 1. The van der Waals surface area contributed by atoms with Crippen LogP contribution in [0.25, 0.3) is 0 Å². The van der Waals surface area contributed by atoms with Crippen LogP contribution < -0.4 is 4.74 Å². The number of benzene rings is 2. The zero-order valence-corrected chi connectivity index (χ0v) is 11.2. The van der Waals surface area contributed by atoms with Gasteiger partial charge in [0.2, 0.25) is 0 Å². The summed E-state index contributed by atoms with van der Waals surface area (Å²) in [5.41, 5.74) is 1.98. The van der Waals surface area contributed by atoms with E-state index in [1.54, 1.807) is 31.4 Å². The molecule has 19 heavy (non-hydrogen) atoms. The maximum absolute atomic E-state index is 12.5. The minimum atomic E-state index is -1.23. The van der Waals surface area contributed by atoms with E-state index >= 15 is 0 Å². The lowest BCUT2D eigenvalue weighted by molar-refractivity contribution is 0.103. The summed E-state index contributed by atoms with van der Waals surface area (Å²) in [6.45, 7) is 0. The van der Waals surface area contributed by atoms with E-state index in [9.17, 15) is 9.00 Å². The van der Waals surface area contributed by atoms with Crippen molar-refractivity contribution in [3.8, 4) is 5.75 Å². The topological polar surface area (TPSA) is 43.4 Å². The average Bonchev–Trinajstić information content (AvgIpc) is 2.55. The highest BCUT2D eigenvalue weighted by molar-refractivity contribution is 7.84. The highest BCUT2D eigenvalue weighted by Gasteiger charge is 2.25. The van der Waals surface area contributed by atoms with Crippen LogP contribution in [0.3, 0.4) is 0 Å². The molecule has 1 atom stereocenters. The lowest BCUT2D eigenvalue weighted by Gasteiger charge is -2.06. The molecule has 0 radical (unpaired) electrons. The van der Waals surface area contributed by atoms with Crippen LogP contribution in [0, 0.1) is 0 Å². The molecule has 3 nitrogen and oxygen atoms in total. The van der Waals surface area contributed by atoms with Crippen LogP contribution in [0.4, 0.5) is 0 Å². The monoisotopic (exact) mass is 272 g/mol. The van der Waals surface area contributed by atoms with Crippen LogP contribution in [0.2, 0.25) is 0 Å². The van der Waals surface area contributed by atoms with Crippen LogP contribution >= 0.6 is 0 Å². The molecule has 0 aromatic heterocycles. The predicted octanol–water partition coefficient (Wildman–Crippen LogP) is 2.55. The number of rotatable bonds is 1. The third kappa shape index (κ3) is 1.98. The van der Waals surface area contributed by atoms with E-state index in [0.717, 1.165) is 5.56 Å². The highest BCUT2D eigenvalue weighted by atomic mass is 32.2. The summed E-state index contributed by atoms with van der Waals surface area (Å²) >= 11 is 0. The molecular weight excluding hydrogens is 260 g/mol. The summed E-state index contributed by atoms with van der Waals surface area (Å²) in [5, 5.41) is 0. The number of hydrogen-bond donors (Lipinski definition) is 0. The average molecular weight is 272 g/mol. The smallest absolute Gasteiger partial charge is 0.194 e. The van der Waals surface area contributed by atoms with E-state index in [4.69, 9.17) is 4.74 Å². The Kier molecular flexibility index (Phi) is 2.95. The molecule has 1 aliphatic heterocycles. The number of ketones is 1. The number of fused-ring (bicyclic) bond motifs is 2. The summed E-state index contributed by atoms with van der Waals surface area (Å²) in [5.74, 6) is 0.909. The van der Waals surface area contributed by atoms with Gasteiger partial charge in [-0.3, -0.25) is 9.00 Å². The first-order chi connectivity index (χ1) is 9.20. The summed E-state index contributed by atoms with van der Waals surface area (Å²) in [4.78, 5) is 13.1. The maximum Gasteiger partial charge on any atom is 0.194 e. The van der Waals surface area contributed by atoms with Gasteiger partial charge in [-0.25, -0.2) is 0 Å². The van der Waals surface area contributed by atoms with Gasteiger partial charge in [0.25, 0.3) is 0 Å². The van der Waals surface area contributed by atoms with Crippen LogP contribution in [0.1, 0.15) is 21.5 Å². The summed E-state index contributed by atoms with van der Waals surface area (Å²) in [7, 11) is 0.326. The molecule has 0 unspecified atom stereocenters. The van der Waals surface area contributed by atoms with E-state index in [-0.39, 0.29) is 5.78 Å². The van der Waals surface area contributed by atoms with Crippen LogP contribution in [-0.2, 0) is 16.6 Å². The van der Waals surface area contributed by atoms with Gasteiger partial charge in [-0.05, 0) is 23.8 Å². The molecule has 0 N–H and O–H groups in total. The number of carbonyl (C=O) groups is 1. The SMILES string of the molecule is COc1ccc2c(c1)[S@@](=O)Cc1ccccc1C2=O. The Balaban J connectivity index is 2.23. The zero-order valence-electron chi connectivity index (χ0n) is 10.4. The lowest BCUT2D eigenvalue weighted by atomic mass is 9.99. The van der Waals surface area contributed by atoms with Gasteiger partial charge in [-0.15, -0.1) is 0 Å². The molecule has 96 valence electrons. The Bertz CT molecular complexity index is 692. The van der Waals surface area contributed by atoms with Crippen molar-refractivity contribution in [2.45, 2.75) is 10.6 Å². The lowest BCUT2D eigenvalue weighted by Crippen LogP contribution is -2.04. The van der Waals surface area contributed by atoms with Gasteiger partial charge in [0.15, 0.2) is 5.78 Å². The summed E-state index contributed by atoms with van der Waals surface area (Å²) in [6, 6.07) is 12.4. The van der Waals surface area contributed by atoms with Crippen LogP contribution in [0.5, 0.6) is 5.75 Å². The Hall–Kier alpha value is -1.94. The van der Waals surface area contributed by atoms with Crippen molar-refractivity contribution in [2.24, 2.45) is 0 Å². The van der Waals surface area contributed by atoms with Crippen molar-refractivity contribution in [3.63, 3.8) is 0 Å². The molecule has 1 aliphatic rings. The van der Waals surface area contributed by atoms with E-state index in [2.05, 4.69) is 0 Å². The molecule has 2 aromatic rings. The molecule has 4 heteroatoms. The van der Waals surface area contributed by atoms with E-state index < -0.39 is 10.8 Å². The van der Waals surface area contributed by atoms with Crippen molar-refractivity contribution in [1.82, 2.24) is 0 Å². The molecule has 0 saturated heterocycles. The second-order valence-corrected chi connectivity index (χ2v) is 5.76. The first-order valence-corrected chi connectivity index (χ1v) is 7.21. The Labute approximate surface area is 113 Å². The molecule has 0 spiro atoms. The predicted molar refractivity (Wildman–Crippen MR) is 73.0 cm³/mol. The largest absolute Gasteiger partial charge is 0.497 e. The maximum atomic E-state index is 12.5. The van der Waals surface area contributed by atoms with E-state index in [1.807, 2.05) is 18.2 Å². The third-order valence-electron chi connectivity index (χ3n) is 3.23. The summed E-state index contributed by atoms with van der Waals surface area (Å²) < 4.78 is 17.5. The third-order valence-corrected chi connectivity index (χ3v) is 4.63. The molecule has 0 aliphatic carbocycles. The Morgan fingerprint density at radius 3 is 2.68 bits per heavy atom. The van der Waals surface area contributed by atoms with Crippen LogP contribution in [0.15, 0.2) is 47.4 Å². The van der Waals surface area contributed by atoms with E-state index in [1.165, 1.54) is 0 Å². The second kappa shape index (κ2) is 4.63. The summed E-state index contributed by atoms with van der Waals surface area (Å²) in [6.07, 6.45) is 0. The molecule has 2 aromatic carbocycles. The fourth-order valence-electron chi connectivity index (χ4n) is 2.24. The Morgan fingerprint density at radius 2 is 1.89 bits per heavy atom. The molecule has 0 saturated carbocycles. The second-order valence-electron chi connectivity index (χ2n) is 4.34. The van der Waals surface area contributed by atoms with Crippen molar-refractivity contribution in [1.29, 1.82) is 0 Å². The fourth-order valence-corrected chi connectivity index (χ4v) is 3.58. The standard InChI is InChI=1S/C15H12O3S/c1-18-11-6-7-13-14(8-11)19(17)9-10-4-2-3-5-12(10)15(13)16/h2-8H,9H2,1H3/t19-/m0/s1. The van der Waals surface area contributed by atoms with Crippen molar-refractivity contribution in [2.75, 3.05) is 7.11 Å². The Morgan fingerprint density at radius 1 is 1.11 bits per heavy atom. The molecular formula is C15H12O3S. The van der Waals surface area contributed by atoms with Crippen molar-refractivity contribution >= 4 is 16.6 Å². The van der Waals surface area contributed by atoms with Crippen molar-refractivity contribution in [3.05, 3.63) is 59.2 Å². The molecule has 0 fully saturated rings. The van der Waals surface area contributed by atoms with Gasteiger partial charge in [0.1, 0.15) is 5.75 Å². The zero-order chi connectivity index (χ0) is 13.4. The number of hydrogen-bond acceptors (Lipinski definition) is 3. The highest BCUT2D eigenvalue weighted by Crippen LogP contribution is 2.29. The minimum absolute atomic E-state index is 0.0703. The minimum Gasteiger partial charge on any atom is -0.497 e. The number of carbonyl (C=O) groups excluding carboxylic acids is 1. The molecule has 0 bridgehead atoms. The quantitative estimate of drug-likeness (QED) is 0.801. The molecule has 0 amide bonds. The first-order valence-electron chi connectivity index (χ1n) is 5.89. The van der Waals surface area contributed by atoms with Gasteiger partial charge in [0, 0.05) is 11.1 Å². The number of ether oxygens (including phenoxy) is 1. The van der Waals surface area contributed by atoms with Crippen LogP contribution in [-0.4, -0.2) is 17.1 Å². The normalized spacial score (nSPS) is 17.3. The van der Waals surface area contributed by atoms with Crippen molar-refractivity contribution < 1.29 is 13.7 Å². The molecule has 3 rings (SSSR count). The fraction of sp³-hybridized carbons (Fsp3) is 0.133. The first kappa shape index (κ1) is 12.1. The molecule has 1 heterocycles. The van der Waals surface area contributed by atoms with Gasteiger partial charge in [0.05, 0.1) is 28.6 Å². The van der Waals surface area contributed by atoms with Gasteiger partial charge in [-0.2, -0.15) is 0 Å².